The summed E-state index contributed by atoms with van der Waals surface area (Å²) in [6.45, 7) is 1.99. The number of aromatic nitrogens is 1. The molecular weight excluding hydrogens is 363 g/mol. The van der Waals surface area contributed by atoms with Crippen LogP contribution in [0.1, 0.15) is 44.6 Å². The first-order chi connectivity index (χ1) is 11.5. The van der Waals surface area contributed by atoms with E-state index in [4.69, 9.17) is 23.2 Å². The van der Waals surface area contributed by atoms with Crippen molar-refractivity contribution in [1.29, 1.82) is 0 Å². The van der Waals surface area contributed by atoms with E-state index in [9.17, 15) is 4.79 Å². The van der Waals surface area contributed by atoms with Gasteiger partial charge >= 0.3 is 0 Å². The molecule has 1 unspecified atom stereocenters. The molecule has 1 fully saturated rings. The van der Waals surface area contributed by atoms with Crippen molar-refractivity contribution in [1.82, 2.24) is 4.98 Å². The molecule has 1 heterocycles. The molecule has 0 aliphatic heterocycles. The average Bonchev–Trinajstić information content (AvgIpc) is 3.23. The second kappa shape index (κ2) is 7.42. The minimum atomic E-state index is -0.658. The van der Waals surface area contributed by atoms with Gasteiger partial charge in [0, 0.05) is 11.6 Å². The highest BCUT2D eigenvalue weighted by Gasteiger charge is 2.38. The molecule has 1 aromatic carbocycles. The van der Waals surface area contributed by atoms with Crippen molar-refractivity contribution in [2.45, 2.75) is 44.4 Å². The zero-order chi connectivity index (χ0) is 17.2. The van der Waals surface area contributed by atoms with Crippen LogP contribution in [0.5, 0.6) is 0 Å². The first-order valence-electron chi connectivity index (χ1n) is 8.15. The van der Waals surface area contributed by atoms with E-state index in [0.29, 0.717) is 21.1 Å². The number of thiazole rings is 1. The van der Waals surface area contributed by atoms with Gasteiger partial charge in [0.25, 0.3) is 0 Å². The number of anilines is 1. The maximum atomic E-state index is 13.1. The van der Waals surface area contributed by atoms with Gasteiger partial charge in [0.1, 0.15) is 0 Å². The molecule has 1 aliphatic rings. The number of nitrogens with zero attached hydrogens (tertiary/aromatic N) is 1. The highest BCUT2D eigenvalue weighted by molar-refractivity contribution is 7.13. The third-order valence-corrected chi connectivity index (χ3v) is 6.31. The van der Waals surface area contributed by atoms with Gasteiger partial charge in [-0.1, -0.05) is 55.0 Å². The van der Waals surface area contributed by atoms with Crippen LogP contribution in [-0.4, -0.2) is 10.9 Å². The summed E-state index contributed by atoms with van der Waals surface area (Å²) < 4.78 is 0. The summed E-state index contributed by atoms with van der Waals surface area (Å²) in [5, 5.41) is 6.42. The molecule has 1 atom stereocenters. The average molecular weight is 383 g/mol. The van der Waals surface area contributed by atoms with Crippen molar-refractivity contribution in [3.63, 3.8) is 0 Å². The molecule has 1 aromatic heterocycles. The lowest BCUT2D eigenvalue weighted by Gasteiger charge is -2.31. The van der Waals surface area contributed by atoms with Gasteiger partial charge < -0.3 is 5.32 Å². The lowest BCUT2D eigenvalue weighted by atomic mass is 9.74. The Hall–Kier alpha value is -1.10. The molecule has 24 heavy (non-hydrogen) atoms. The smallest absolute Gasteiger partial charge is 0.236 e. The molecule has 0 spiro atoms. The monoisotopic (exact) mass is 382 g/mol. The Kier molecular flexibility index (Phi) is 5.48. The van der Waals surface area contributed by atoms with Crippen LogP contribution in [0, 0.1) is 5.92 Å². The predicted molar refractivity (Wildman–Crippen MR) is 101 cm³/mol. The molecule has 1 aliphatic carbocycles. The van der Waals surface area contributed by atoms with E-state index >= 15 is 0 Å². The van der Waals surface area contributed by atoms with E-state index in [1.54, 1.807) is 12.3 Å². The van der Waals surface area contributed by atoms with Gasteiger partial charge in [0.2, 0.25) is 5.91 Å². The second-order valence-electron chi connectivity index (χ2n) is 6.61. The molecule has 1 saturated carbocycles. The minimum Gasteiger partial charge on any atom is -0.301 e. The largest absolute Gasteiger partial charge is 0.301 e. The molecule has 3 rings (SSSR count). The fourth-order valence-electron chi connectivity index (χ4n) is 3.49. The second-order valence-corrected chi connectivity index (χ2v) is 8.32. The normalized spacial score (nSPS) is 17.6. The van der Waals surface area contributed by atoms with E-state index in [0.717, 1.165) is 12.0 Å². The third-order valence-electron chi connectivity index (χ3n) is 4.88. The molecule has 0 radical (unpaired) electrons. The van der Waals surface area contributed by atoms with Crippen molar-refractivity contribution >= 4 is 45.6 Å². The first-order valence-corrected chi connectivity index (χ1v) is 9.79. The van der Waals surface area contributed by atoms with Crippen LogP contribution in [0.2, 0.25) is 10.0 Å². The summed E-state index contributed by atoms with van der Waals surface area (Å²) in [5.74, 6) is 0.522. The van der Waals surface area contributed by atoms with Crippen LogP contribution < -0.4 is 5.32 Å². The number of carbonyl (C=O) groups is 1. The van der Waals surface area contributed by atoms with Gasteiger partial charge in [-0.15, -0.1) is 11.3 Å². The van der Waals surface area contributed by atoms with Gasteiger partial charge in [0.05, 0.1) is 15.5 Å². The van der Waals surface area contributed by atoms with Crippen molar-refractivity contribution < 1.29 is 4.79 Å². The van der Waals surface area contributed by atoms with Gasteiger partial charge in [0.15, 0.2) is 5.13 Å². The molecule has 0 saturated heterocycles. The quantitative estimate of drug-likeness (QED) is 0.696. The van der Waals surface area contributed by atoms with Gasteiger partial charge in [-0.25, -0.2) is 4.98 Å². The van der Waals surface area contributed by atoms with Crippen LogP contribution in [0.15, 0.2) is 29.8 Å². The molecule has 0 bridgehead atoms. The number of amides is 1. The number of hydrogen-bond donors (Lipinski definition) is 1. The fraction of sp³-hybridized carbons (Fsp3) is 0.444. The fourth-order valence-corrected chi connectivity index (χ4v) is 4.32. The topological polar surface area (TPSA) is 42.0 Å². The summed E-state index contributed by atoms with van der Waals surface area (Å²) in [4.78, 5) is 17.3. The number of hydrogen-bond acceptors (Lipinski definition) is 3. The molecule has 1 amide bonds. The third kappa shape index (κ3) is 3.76. The van der Waals surface area contributed by atoms with Crippen molar-refractivity contribution in [3.8, 4) is 0 Å². The van der Waals surface area contributed by atoms with Crippen molar-refractivity contribution in [3.05, 3.63) is 45.4 Å². The number of halogens is 2. The Balaban J connectivity index is 1.92. The van der Waals surface area contributed by atoms with Gasteiger partial charge in [-0.2, -0.15) is 0 Å². The molecular formula is C18H20Cl2N2OS. The first kappa shape index (κ1) is 17.7. The summed E-state index contributed by atoms with van der Waals surface area (Å²) in [6, 6.07) is 5.49. The SMILES string of the molecule is CC(CC1CCCC1)(C(=O)Nc1nccs1)c1ccc(Cl)c(Cl)c1. The lowest BCUT2D eigenvalue weighted by molar-refractivity contribution is -0.121. The molecule has 2 aromatic rings. The van der Waals surface area contributed by atoms with Gasteiger partial charge in [-0.05, 0) is 37.0 Å². The van der Waals surface area contributed by atoms with Gasteiger partial charge in [-0.3, -0.25) is 4.79 Å². The standard InChI is InChI=1S/C18H20Cl2N2OS/c1-18(11-12-4-2-3-5-12,13-6-7-14(19)15(20)10-13)16(23)22-17-21-8-9-24-17/h6-10,12H,2-5,11H2,1H3,(H,21,22,23). The Morgan fingerprint density at radius 3 is 2.71 bits per heavy atom. The number of rotatable bonds is 5. The van der Waals surface area contributed by atoms with Crippen LogP contribution >= 0.6 is 34.5 Å². The molecule has 1 N–H and O–H groups in total. The molecule has 3 nitrogen and oxygen atoms in total. The summed E-state index contributed by atoms with van der Waals surface area (Å²) in [5.41, 5.74) is 0.243. The van der Waals surface area contributed by atoms with E-state index in [1.807, 2.05) is 24.4 Å². The maximum absolute atomic E-state index is 13.1. The maximum Gasteiger partial charge on any atom is 0.236 e. The van der Waals surface area contributed by atoms with E-state index in [-0.39, 0.29) is 5.91 Å². The Morgan fingerprint density at radius 2 is 2.08 bits per heavy atom. The minimum absolute atomic E-state index is 0.0391. The van der Waals surface area contributed by atoms with Crippen LogP contribution in [0.4, 0.5) is 5.13 Å². The number of nitrogens with one attached hydrogen (secondary N) is 1. The Bertz CT molecular complexity index is 714. The van der Waals surface area contributed by atoms with Crippen molar-refractivity contribution in [2.75, 3.05) is 5.32 Å². The Morgan fingerprint density at radius 1 is 1.33 bits per heavy atom. The number of benzene rings is 1. The summed E-state index contributed by atoms with van der Waals surface area (Å²) in [6.07, 6.45) is 7.35. The molecule has 128 valence electrons. The highest BCUT2D eigenvalue weighted by Crippen LogP contribution is 2.40. The van der Waals surface area contributed by atoms with Crippen LogP contribution in [-0.2, 0) is 10.2 Å². The van der Waals surface area contributed by atoms with Crippen LogP contribution in [0.25, 0.3) is 0 Å². The highest BCUT2D eigenvalue weighted by atomic mass is 35.5. The zero-order valence-electron chi connectivity index (χ0n) is 13.5. The molecule has 6 heteroatoms. The summed E-state index contributed by atoms with van der Waals surface area (Å²) >= 11 is 13.7. The summed E-state index contributed by atoms with van der Waals surface area (Å²) in [7, 11) is 0. The van der Waals surface area contributed by atoms with Crippen molar-refractivity contribution in [2.24, 2.45) is 5.92 Å². The van der Waals surface area contributed by atoms with Crippen LogP contribution in [0.3, 0.4) is 0 Å². The van der Waals surface area contributed by atoms with E-state index in [1.165, 1.54) is 37.0 Å². The Labute approximate surface area is 156 Å². The predicted octanol–water partition coefficient (Wildman–Crippen LogP) is 5.93. The zero-order valence-corrected chi connectivity index (χ0v) is 15.8. The van der Waals surface area contributed by atoms with E-state index in [2.05, 4.69) is 10.3 Å². The number of carbonyl (C=O) groups excluding carboxylic acids is 1. The van der Waals surface area contributed by atoms with E-state index < -0.39 is 5.41 Å². The lowest BCUT2D eigenvalue weighted by Crippen LogP contribution is -2.39.